The van der Waals surface area contributed by atoms with Crippen molar-refractivity contribution in [2.75, 3.05) is 6.54 Å². The summed E-state index contributed by atoms with van der Waals surface area (Å²) in [6, 6.07) is -1.04. The lowest BCUT2D eigenvalue weighted by Crippen LogP contribution is -2.38. The average Bonchev–Trinajstić information content (AvgIpc) is 2.47. The van der Waals surface area contributed by atoms with E-state index >= 15 is 0 Å². The second kappa shape index (κ2) is 4.51. The van der Waals surface area contributed by atoms with Gasteiger partial charge < -0.3 is 16.8 Å². The third-order valence-corrected chi connectivity index (χ3v) is 0.859. The molecule has 64 valence electrons. The van der Waals surface area contributed by atoms with E-state index in [9.17, 15) is 9.59 Å². The van der Waals surface area contributed by atoms with E-state index in [2.05, 4.69) is 23.7 Å². The Bertz CT molecular complexity index is 143. The number of nitrogens with one attached hydrogen (secondary N) is 2. The summed E-state index contributed by atoms with van der Waals surface area (Å²) in [4.78, 5) is 19.2. The van der Waals surface area contributed by atoms with Crippen molar-refractivity contribution >= 4 is 12.1 Å². The van der Waals surface area contributed by atoms with E-state index in [1.807, 2.05) is 0 Å². The van der Waals surface area contributed by atoms with Crippen LogP contribution in [0.4, 0.5) is 9.59 Å². The Balaban J connectivity index is 0.000000207. The Morgan fingerprint density at radius 2 is 1.73 bits per heavy atom. The molecule has 0 radical (unpaired) electrons. The first-order valence-corrected chi connectivity index (χ1v) is 3.11. The van der Waals surface area contributed by atoms with Crippen molar-refractivity contribution < 1.29 is 9.59 Å². The first-order valence-electron chi connectivity index (χ1n) is 3.11. The molecule has 0 spiro atoms. The van der Waals surface area contributed by atoms with E-state index in [1.54, 1.807) is 5.32 Å². The fourth-order valence-electron chi connectivity index (χ4n) is 0.239. The van der Waals surface area contributed by atoms with Gasteiger partial charge in [-0.2, -0.15) is 0 Å². The summed E-state index contributed by atoms with van der Waals surface area (Å²) < 4.78 is 0. The number of rotatable bonds is 0. The maximum absolute atomic E-state index is 9.62. The van der Waals surface area contributed by atoms with Gasteiger partial charge in [-0.1, -0.05) is 0 Å². The van der Waals surface area contributed by atoms with Crippen molar-refractivity contribution in [3.63, 3.8) is 0 Å². The van der Waals surface area contributed by atoms with Gasteiger partial charge in [-0.3, -0.25) is 5.32 Å². The van der Waals surface area contributed by atoms with Crippen LogP contribution >= 0.6 is 0 Å². The summed E-state index contributed by atoms with van der Waals surface area (Å²) in [7, 11) is 0. The third-order valence-electron chi connectivity index (χ3n) is 0.859. The Labute approximate surface area is 64.3 Å². The molecule has 0 bridgehead atoms. The number of carbonyl (C=O) groups is 2. The minimum absolute atomic E-state index is 0.833. The number of nitrogens with two attached hydrogens (primary N) is 2. The molecule has 1 atom stereocenters. The van der Waals surface area contributed by atoms with Gasteiger partial charge in [0.1, 0.15) is 0 Å². The topological polar surface area (TPSA) is 120 Å². The average molecular weight is 160 g/mol. The van der Waals surface area contributed by atoms with Gasteiger partial charge >= 0.3 is 12.1 Å². The third kappa shape index (κ3) is 12.0. The number of urea groups is 2. The predicted octanol–water partition coefficient (Wildman–Crippen LogP) is -1.29. The van der Waals surface area contributed by atoms with Crippen LogP contribution < -0.4 is 22.1 Å². The molecular formula is C5H12N4O2. The molecule has 11 heavy (non-hydrogen) atoms. The molecule has 0 aromatic heterocycles. The van der Waals surface area contributed by atoms with E-state index in [-0.39, 0.29) is 0 Å². The van der Waals surface area contributed by atoms with Crippen LogP contribution in [0.25, 0.3) is 0 Å². The predicted molar refractivity (Wildman–Crippen MR) is 39.8 cm³/mol. The lowest BCUT2D eigenvalue weighted by Gasteiger charge is -1.88. The van der Waals surface area contributed by atoms with Gasteiger partial charge in [-0.15, -0.1) is 0 Å². The molecule has 1 fully saturated rings. The molecular weight excluding hydrogens is 148 g/mol. The number of carbonyl (C=O) groups excluding carboxylic acids is 2. The van der Waals surface area contributed by atoms with Crippen LogP contribution in [0.5, 0.6) is 0 Å². The molecule has 1 aliphatic heterocycles. The molecule has 0 aromatic rings. The number of hydrogen-bond acceptors (Lipinski definition) is 3. The summed E-state index contributed by atoms with van der Waals surface area (Å²) in [5.74, 6) is 0. The van der Waals surface area contributed by atoms with Gasteiger partial charge in [0.15, 0.2) is 0 Å². The molecule has 0 aromatic carbocycles. The van der Waals surface area contributed by atoms with Gasteiger partial charge in [-0.25, -0.2) is 9.59 Å². The van der Waals surface area contributed by atoms with Crippen LogP contribution in [-0.2, 0) is 0 Å². The Kier molecular flexibility index (Phi) is 3.97. The van der Waals surface area contributed by atoms with Crippen molar-refractivity contribution in [3.05, 3.63) is 0 Å². The summed E-state index contributed by atoms with van der Waals surface area (Å²) in [5, 5.41) is 4.68. The Morgan fingerprint density at radius 3 is 1.73 bits per heavy atom. The van der Waals surface area contributed by atoms with Crippen molar-refractivity contribution in [1.82, 2.24) is 10.6 Å². The monoisotopic (exact) mass is 160 g/mol. The van der Waals surface area contributed by atoms with Crippen LogP contribution in [-0.4, -0.2) is 24.6 Å². The molecule has 0 saturated carbocycles. The van der Waals surface area contributed by atoms with Crippen molar-refractivity contribution in [2.45, 2.75) is 13.0 Å². The first kappa shape index (κ1) is 9.70. The highest BCUT2D eigenvalue weighted by molar-refractivity contribution is 5.91. The minimum atomic E-state index is -0.938. The van der Waals surface area contributed by atoms with Crippen LogP contribution in [0, 0.1) is 0 Å². The fraction of sp³-hybridized carbons (Fsp3) is 0.600. The largest absolute Gasteiger partial charge is 0.351 e. The Hall–Kier alpha value is -1.30. The fourth-order valence-corrected chi connectivity index (χ4v) is 0.239. The zero-order chi connectivity index (χ0) is 8.85. The zero-order valence-electron chi connectivity index (χ0n) is 6.26. The highest BCUT2D eigenvalue weighted by atomic mass is 16.2. The van der Waals surface area contributed by atoms with Crippen molar-refractivity contribution in [2.24, 2.45) is 11.5 Å². The van der Waals surface area contributed by atoms with E-state index in [1.165, 1.54) is 6.54 Å². The molecule has 1 rings (SSSR count). The molecule has 6 N–H and O–H groups in total. The van der Waals surface area contributed by atoms with Crippen LogP contribution in [0.1, 0.15) is 6.92 Å². The maximum atomic E-state index is 9.62. The van der Waals surface area contributed by atoms with E-state index in [0.29, 0.717) is 0 Å². The number of amides is 4. The smallest absolute Gasteiger partial charge is 0.320 e. The summed E-state index contributed by atoms with van der Waals surface area (Å²) in [6.45, 7) is 3.40. The summed E-state index contributed by atoms with van der Waals surface area (Å²) in [5.41, 5.74) is 8.88. The van der Waals surface area contributed by atoms with Crippen molar-refractivity contribution in [1.29, 1.82) is 0 Å². The highest BCUT2D eigenvalue weighted by Crippen LogP contribution is 1.88. The maximum Gasteiger partial charge on any atom is 0.320 e. The van der Waals surface area contributed by atoms with Gasteiger partial charge in [-0.05, 0) is 6.92 Å². The number of hydrogen-bond donors (Lipinski definition) is 4. The number of primary amides is 2. The van der Waals surface area contributed by atoms with Crippen LogP contribution in [0.15, 0.2) is 0 Å². The standard InChI is InChI=1S/C3H7N.C2H5N3O2/c1-3-2-4-3;3-1(6)5-2(4)7/h3-4H,2H2,1H3;(H5,3,4,5,6,7). The summed E-state index contributed by atoms with van der Waals surface area (Å²) >= 11 is 0. The minimum Gasteiger partial charge on any atom is -0.351 e. The van der Waals surface area contributed by atoms with Gasteiger partial charge in [0.05, 0.1) is 0 Å². The molecule has 1 unspecified atom stereocenters. The van der Waals surface area contributed by atoms with E-state index in [4.69, 9.17) is 0 Å². The molecule has 6 nitrogen and oxygen atoms in total. The highest BCUT2D eigenvalue weighted by Gasteiger charge is 2.10. The summed E-state index contributed by atoms with van der Waals surface area (Å²) in [6.07, 6.45) is 0. The SMILES string of the molecule is CC1CN1.NC(=O)NC(N)=O. The van der Waals surface area contributed by atoms with Crippen LogP contribution in [0.2, 0.25) is 0 Å². The zero-order valence-corrected chi connectivity index (χ0v) is 6.26. The lowest BCUT2D eigenvalue weighted by atomic mass is 10.6. The number of imide groups is 1. The quantitative estimate of drug-likeness (QED) is 0.330. The lowest BCUT2D eigenvalue weighted by molar-refractivity contribution is 0.236. The van der Waals surface area contributed by atoms with Gasteiger partial charge in [0.2, 0.25) is 0 Å². The molecule has 4 amide bonds. The molecule has 1 saturated heterocycles. The van der Waals surface area contributed by atoms with E-state index in [0.717, 1.165) is 6.04 Å². The Morgan fingerprint density at radius 1 is 1.45 bits per heavy atom. The molecule has 1 heterocycles. The second-order valence-electron chi connectivity index (χ2n) is 2.16. The van der Waals surface area contributed by atoms with E-state index < -0.39 is 12.1 Å². The first-order chi connectivity index (χ1) is 5.02. The molecule has 0 aliphatic carbocycles. The van der Waals surface area contributed by atoms with Gasteiger partial charge in [0, 0.05) is 12.6 Å². The molecule has 6 heteroatoms. The van der Waals surface area contributed by atoms with Gasteiger partial charge in [0.25, 0.3) is 0 Å². The second-order valence-corrected chi connectivity index (χ2v) is 2.16. The molecule has 1 aliphatic rings. The normalized spacial score (nSPS) is 19.2. The van der Waals surface area contributed by atoms with Crippen LogP contribution in [0.3, 0.4) is 0 Å². The van der Waals surface area contributed by atoms with Crippen molar-refractivity contribution in [3.8, 4) is 0 Å².